The molecule has 2 aromatic rings. The van der Waals surface area contributed by atoms with Crippen molar-refractivity contribution in [1.82, 2.24) is 10.6 Å². The maximum atomic E-state index is 14.9. The molecule has 1 heterocycles. The highest BCUT2D eigenvalue weighted by molar-refractivity contribution is 9.10. The summed E-state index contributed by atoms with van der Waals surface area (Å²) in [7, 11) is 0. The van der Waals surface area contributed by atoms with Gasteiger partial charge in [0.2, 0.25) is 17.4 Å². The van der Waals surface area contributed by atoms with E-state index < -0.39 is 35.6 Å². The van der Waals surface area contributed by atoms with Crippen LogP contribution in [0.2, 0.25) is 0 Å². The van der Waals surface area contributed by atoms with Crippen LogP contribution in [0.25, 0.3) is 10.8 Å². The lowest BCUT2D eigenvalue weighted by molar-refractivity contribution is -0.185. The summed E-state index contributed by atoms with van der Waals surface area (Å²) in [4.78, 5) is 24.9. The highest BCUT2D eigenvalue weighted by Crippen LogP contribution is 2.41. The number of hydrogen-bond donors (Lipinski definition) is 3. The van der Waals surface area contributed by atoms with Gasteiger partial charge in [-0.05, 0) is 46.9 Å². The van der Waals surface area contributed by atoms with Gasteiger partial charge in [-0.1, -0.05) is 59.8 Å². The molecule has 10 heteroatoms. The van der Waals surface area contributed by atoms with Crippen molar-refractivity contribution >= 4 is 50.3 Å². The van der Waals surface area contributed by atoms with Gasteiger partial charge >= 0.3 is 6.18 Å². The van der Waals surface area contributed by atoms with Gasteiger partial charge in [0.15, 0.2) is 0 Å². The molecule has 0 saturated carbocycles. The molecule has 0 unspecified atom stereocenters. The maximum absolute atomic E-state index is 14.9. The standard InChI is InChI=1S/C24H25BrF3N3O2S/c1-14(2)10-19-22(33)30-20(21(29)32)13-34-9-3-8-23(31-19,24(26,27)28)17-6-4-16-12-18(25)7-5-15(16)11-17/h4-7,11-12,14,19-20,31H,9-10,13H2,1-2H3,(H2,29,32)(H,30,33)/t19-,20-,23-/m0/s1. The highest BCUT2D eigenvalue weighted by Gasteiger charge is 2.57. The first-order valence-electron chi connectivity index (χ1n) is 10.6. The Morgan fingerprint density at radius 2 is 1.94 bits per heavy atom. The van der Waals surface area contributed by atoms with Gasteiger partial charge in [-0.2, -0.15) is 13.2 Å². The Morgan fingerprint density at radius 1 is 1.26 bits per heavy atom. The predicted octanol–water partition coefficient (Wildman–Crippen LogP) is 4.08. The zero-order chi connectivity index (χ0) is 25.1. The Morgan fingerprint density at radius 3 is 2.59 bits per heavy atom. The van der Waals surface area contributed by atoms with Crippen molar-refractivity contribution in [2.75, 3.05) is 11.5 Å². The number of hydrogen-bond acceptors (Lipinski definition) is 4. The van der Waals surface area contributed by atoms with Gasteiger partial charge in [0.25, 0.3) is 0 Å². The number of carbonyl (C=O) groups excluding carboxylic acids is 2. The largest absolute Gasteiger partial charge is 0.422 e. The minimum Gasteiger partial charge on any atom is -0.368 e. The molecule has 0 spiro atoms. The monoisotopic (exact) mass is 555 g/mol. The van der Waals surface area contributed by atoms with Crippen LogP contribution in [0.15, 0.2) is 40.9 Å². The van der Waals surface area contributed by atoms with E-state index in [2.05, 4.69) is 38.4 Å². The Kier molecular flexibility index (Phi) is 8.22. The van der Waals surface area contributed by atoms with Crippen LogP contribution in [0.4, 0.5) is 13.2 Å². The van der Waals surface area contributed by atoms with Crippen molar-refractivity contribution in [3.05, 3.63) is 46.4 Å². The van der Waals surface area contributed by atoms with Crippen LogP contribution in [0.3, 0.4) is 0 Å². The Labute approximate surface area is 208 Å². The summed E-state index contributed by atoms with van der Waals surface area (Å²) in [6.07, 6.45) is -4.75. The van der Waals surface area contributed by atoms with Crippen molar-refractivity contribution in [3.63, 3.8) is 0 Å². The van der Waals surface area contributed by atoms with Crippen molar-refractivity contribution in [2.45, 2.75) is 44.1 Å². The Bertz CT molecular complexity index is 1150. The van der Waals surface area contributed by atoms with Gasteiger partial charge in [0.05, 0.1) is 11.8 Å². The third-order valence-electron chi connectivity index (χ3n) is 5.47. The molecule has 4 N–H and O–H groups in total. The summed E-state index contributed by atoms with van der Waals surface area (Å²) in [6.45, 7) is 3.60. The van der Waals surface area contributed by atoms with E-state index in [1.54, 1.807) is 32.0 Å². The molecular formula is C24H25BrF3N3O2S. The molecule has 182 valence electrons. The maximum Gasteiger partial charge on any atom is 0.422 e. The van der Waals surface area contributed by atoms with E-state index in [-0.39, 0.29) is 29.4 Å². The third kappa shape index (κ3) is 5.88. The molecule has 2 amide bonds. The van der Waals surface area contributed by atoms with Crippen LogP contribution in [0, 0.1) is 17.8 Å². The van der Waals surface area contributed by atoms with E-state index in [1.807, 2.05) is 6.07 Å². The normalized spacial score (nSPS) is 24.1. The van der Waals surface area contributed by atoms with Gasteiger partial charge in [0.1, 0.15) is 6.04 Å². The van der Waals surface area contributed by atoms with Gasteiger partial charge in [-0.25, -0.2) is 0 Å². The number of primary amides is 1. The fourth-order valence-electron chi connectivity index (χ4n) is 3.79. The number of rotatable bonds is 4. The molecule has 3 atom stereocenters. The van der Waals surface area contributed by atoms with Gasteiger partial charge in [-0.15, -0.1) is 11.8 Å². The Balaban J connectivity index is 2.18. The molecular weight excluding hydrogens is 531 g/mol. The van der Waals surface area contributed by atoms with Gasteiger partial charge < -0.3 is 11.1 Å². The van der Waals surface area contributed by atoms with E-state index in [0.717, 1.165) is 21.6 Å². The van der Waals surface area contributed by atoms with Crippen LogP contribution in [0.5, 0.6) is 0 Å². The highest BCUT2D eigenvalue weighted by atomic mass is 79.9. The molecule has 0 bridgehead atoms. The van der Waals surface area contributed by atoms with E-state index in [0.29, 0.717) is 5.39 Å². The topological polar surface area (TPSA) is 84.2 Å². The fraction of sp³-hybridized carbons (Fsp3) is 0.417. The number of thioether (sulfide) groups is 1. The van der Waals surface area contributed by atoms with Crippen LogP contribution in [-0.2, 0) is 15.1 Å². The molecule has 0 fully saturated rings. The van der Waals surface area contributed by atoms with Crippen molar-refractivity contribution in [3.8, 4) is 11.8 Å². The van der Waals surface area contributed by atoms with E-state index in [4.69, 9.17) is 5.73 Å². The summed E-state index contributed by atoms with van der Waals surface area (Å²) in [5.74, 6) is 3.61. The van der Waals surface area contributed by atoms with Crippen LogP contribution in [-0.4, -0.2) is 41.6 Å². The van der Waals surface area contributed by atoms with Crippen molar-refractivity contribution in [2.24, 2.45) is 11.7 Å². The first-order valence-corrected chi connectivity index (χ1v) is 12.6. The Hall–Kier alpha value is -2.22. The van der Waals surface area contributed by atoms with Crippen LogP contribution in [0.1, 0.15) is 25.8 Å². The average Bonchev–Trinajstić information content (AvgIpc) is 2.77. The third-order valence-corrected chi connectivity index (χ3v) is 6.88. The van der Waals surface area contributed by atoms with E-state index >= 15 is 0 Å². The van der Waals surface area contributed by atoms with E-state index in [1.165, 1.54) is 12.1 Å². The average molecular weight is 556 g/mol. The summed E-state index contributed by atoms with van der Waals surface area (Å²) in [5.41, 5.74) is 2.49. The summed E-state index contributed by atoms with van der Waals surface area (Å²) in [6, 6.07) is 7.44. The van der Waals surface area contributed by atoms with Crippen LogP contribution < -0.4 is 16.4 Å². The number of alkyl halides is 3. The van der Waals surface area contributed by atoms with Crippen molar-refractivity contribution < 1.29 is 22.8 Å². The number of fused-ring (bicyclic) bond motifs is 1. The minimum atomic E-state index is -4.85. The first kappa shape index (κ1) is 26.4. The second-order valence-electron chi connectivity index (χ2n) is 8.56. The van der Waals surface area contributed by atoms with E-state index in [9.17, 15) is 22.8 Å². The van der Waals surface area contributed by atoms with Gasteiger partial charge in [0, 0.05) is 10.2 Å². The molecule has 3 rings (SSSR count). The van der Waals surface area contributed by atoms with Crippen LogP contribution >= 0.6 is 27.7 Å². The lowest BCUT2D eigenvalue weighted by Crippen LogP contribution is -2.61. The van der Waals surface area contributed by atoms with Crippen molar-refractivity contribution in [1.29, 1.82) is 0 Å². The summed E-state index contributed by atoms with van der Waals surface area (Å²) in [5, 5.41) is 6.44. The minimum absolute atomic E-state index is 0.0362. The molecule has 0 radical (unpaired) electrons. The molecule has 2 aromatic carbocycles. The van der Waals surface area contributed by atoms with Gasteiger partial charge in [-0.3, -0.25) is 14.9 Å². The number of amides is 2. The SMILES string of the molecule is CC(C)C[C@@H]1N[C@@](c2ccc3cc(Br)ccc3c2)(C(F)(F)F)C#CCSC[C@@H](C(N)=O)NC1=O. The number of carbonyl (C=O) groups is 2. The molecule has 1 aliphatic rings. The summed E-state index contributed by atoms with van der Waals surface area (Å²) >= 11 is 4.51. The fourth-order valence-corrected chi connectivity index (χ4v) is 4.94. The summed E-state index contributed by atoms with van der Waals surface area (Å²) < 4.78 is 45.4. The number of halogens is 4. The smallest absolute Gasteiger partial charge is 0.368 e. The zero-order valence-corrected chi connectivity index (χ0v) is 21.0. The molecule has 0 aliphatic carbocycles. The molecule has 0 saturated heterocycles. The quantitative estimate of drug-likeness (QED) is 0.496. The lowest BCUT2D eigenvalue weighted by Gasteiger charge is -2.36. The second-order valence-corrected chi connectivity index (χ2v) is 10.5. The molecule has 1 aliphatic heterocycles. The predicted molar refractivity (Wildman–Crippen MR) is 132 cm³/mol. The number of benzene rings is 2. The second kappa shape index (κ2) is 10.6. The first-order chi connectivity index (χ1) is 15.9. The number of nitrogens with one attached hydrogen (secondary N) is 2. The molecule has 0 aromatic heterocycles. The molecule has 34 heavy (non-hydrogen) atoms. The molecule has 5 nitrogen and oxygen atoms in total. The number of nitrogens with two attached hydrogens (primary N) is 1. The lowest BCUT2D eigenvalue weighted by atomic mass is 9.86. The zero-order valence-electron chi connectivity index (χ0n) is 18.6.